The molecule has 1 aromatic carbocycles. The first-order valence-corrected chi connectivity index (χ1v) is 10.7. The summed E-state index contributed by atoms with van der Waals surface area (Å²) in [7, 11) is 0. The van der Waals surface area contributed by atoms with Gasteiger partial charge >= 0.3 is 0 Å². The average Bonchev–Trinajstić information content (AvgIpc) is 3.48. The Morgan fingerprint density at radius 1 is 1.17 bits per heavy atom. The molecule has 1 saturated heterocycles. The first kappa shape index (κ1) is 19.7. The Kier molecular flexibility index (Phi) is 5.97. The number of hydrogen-bond acceptors (Lipinski definition) is 4. The van der Waals surface area contributed by atoms with Gasteiger partial charge in [0.25, 0.3) is 5.91 Å². The summed E-state index contributed by atoms with van der Waals surface area (Å²) in [6, 6.07) is 9.20. The number of amides is 2. The molecule has 29 heavy (non-hydrogen) atoms. The van der Waals surface area contributed by atoms with Crippen LogP contribution in [-0.2, 0) is 17.6 Å². The third kappa shape index (κ3) is 5.05. The van der Waals surface area contributed by atoms with Crippen LogP contribution in [0.15, 0.2) is 34.7 Å². The summed E-state index contributed by atoms with van der Waals surface area (Å²) in [5.74, 6) is 1.11. The van der Waals surface area contributed by atoms with Gasteiger partial charge in [0.05, 0.1) is 5.69 Å². The van der Waals surface area contributed by atoms with Crippen molar-refractivity contribution in [3.8, 4) is 0 Å². The Morgan fingerprint density at radius 2 is 1.90 bits per heavy atom. The van der Waals surface area contributed by atoms with E-state index >= 15 is 0 Å². The third-order valence-electron chi connectivity index (χ3n) is 5.76. The maximum atomic E-state index is 13.2. The number of rotatable bonds is 7. The molecule has 2 fully saturated rings. The largest absolute Gasteiger partial charge is 0.435 e. The topological polar surface area (TPSA) is 75.4 Å². The van der Waals surface area contributed by atoms with Crippen molar-refractivity contribution in [3.63, 3.8) is 0 Å². The van der Waals surface area contributed by atoms with E-state index in [0.29, 0.717) is 23.9 Å². The quantitative estimate of drug-likeness (QED) is 0.781. The van der Waals surface area contributed by atoms with Crippen LogP contribution in [0.25, 0.3) is 0 Å². The molecule has 0 radical (unpaired) electrons. The molecule has 4 rings (SSSR count). The Bertz CT molecular complexity index is 852. The first-order valence-electron chi connectivity index (χ1n) is 10.7. The van der Waals surface area contributed by atoms with Gasteiger partial charge in [-0.2, -0.15) is 0 Å². The van der Waals surface area contributed by atoms with E-state index in [1.165, 1.54) is 12.8 Å². The molecule has 0 bridgehead atoms. The number of hydrogen-bond donors (Lipinski definition) is 1. The minimum Gasteiger partial charge on any atom is -0.435 e. The molecule has 1 N–H and O–H groups in total. The van der Waals surface area contributed by atoms with E-state index in [1.807, 2.05) is 35.2 Å². The van der Waals surface area contributed by atoms with E-state index in [9.17, 15) is 9.59 Å². The number of nitrogens with one attached hydrogen (secondary N) is 1. The smallest absolute Gasteiger partial charge is 0.289 e. The van der Waals surface area contributed by atoms with Gasteiger partial charge in [-0.15, -0.1) is 0 Å². The average molecular weight is 396 g/mol. The summed E-state index contributed by atoms with van der Waals surface area (Å²) in [4.78, 5) is 32.4. The van der Waals surface area contributed by atoms with Crippen LogP contribution in [0.1, 0.15) is 59.8 Å². The number of aryl methyl sites for hydroxylation is 1. The van der Waals surface area contributed by atoms with E-state index in [-0.39, 0.29) is 17.6 Å². The van der Waals surface area contributed by atoms with Crippen molar-refractivity contribution >= 4 is 11.8 Å². The summed E-state index contributed by atoms with van der Waals surface area (Å²) in [5, 5.41) is 2.94. The van der Waals surface area contributed by atoms with E-state index in [2.05, 4.69) is 10.3 Å². The molecule has 1 unspecified atom stereocenters. The van der Waals surface area contributed by atoms with Crippen LogP contribution in [-0.4, -0.2) is 40.8 Å². The zero-order valence-electron chi connectivity index (χ0n) is 17.0. The number of oxazole rings is 1. The van der Waals surface area contributed by atoms with Crippen LogP contribution in [0.2, 0.25) is 0 Å². The summed E-state index contributed by atoms with van der Waals surface area (Å²) >= 11 is 0. The number of nitrogens with zero attached hydrogens (tertiary/aromatic N) is 2. The van der Waals surface area contributed by atoms with Gasteiger partial charge < -0.3 is 14.6 Å². The lowest BCUT2D eigenvalue weighted by Gasteiger charge is -2.30. The van der Waals surface area contributed by atoms with Crippen molar-refractivity contribution < 1.29 is 14.0 Å². The highest BCUT2D eigenvalue weighted by Crippen LogP contribution is 2.32. The molecule has 1 aromatic heterocycles. The van der Waals surface area contributed by atoms with Crippen LogP contribution in [0.3, 0.4) is 0 Å². The molecule has 2 heterocycles. The van der Waals surface area contributed by atoms with Gasteiger partial charge in [-0.3, -0.25) is 9.59 Å². The van der Waals surface area contributed by atoms with Gasteiger partial charge in [0.2, 0.25) is 11.7 Å². The summed E-state index contributed by atoms with van der Waals surface area (Å²) in [6.07, 6.45) is 6.84. The van der Waals surface area contributed by atoms with Gasteiger partial charge in [0, 0.05) is 25.9 Å². The van der Waals surface area contributed by atoms with E-state index in [1.54, 1.807) is 6.92 Å². The minimum atomic E-state index is -0.612. The SMILES string of the molecule is Cc1nc(CC2CC2)oc1C(=O)NC(Cc1ccccc1)C(=O)N1CCCCC1. The molecule has 0 spiro atoms. The maximum absolute atomic E-state index is 13.2. The Hall–Kier alpha value is -2.63. The number of carbonyl (C=O) groups is 2. The minimum absolute atomic E-state index is 0.0164. The van der Waals surface area contributed by atoms with Gasteiger partial charge in [0.15, 0.2) is 5.89 Å². The second kappa shape index (κ2) is 8.80. The van der Waals surface area contributed by atoms with Crippen molar-refractivity contribution in [3.05, 3.63) is 53.2 Å². The number of piperidine rings is 1. The highest BCUT2D eigenvalue weighted by molar-refractivity contribution is 5.96. The molecule has 2 aromatic rings. The second-order valence-electron chi connectivity index (χ2n) is 8.27. The van der Waals surface area contributed by atoms with Crippen LogP contribution >= 0.6 is 0 Å². The van der Waals surface area contributed by atoms with Crippen molar-refractivity contribution in [1.29, 1.82) is 0 Å². The zero-order valence-corrected chi connectivity index (χ0v) is 17.0. The zero-order chi connectivity index (χ0) is 20.2. The lowest BCUT2D eigenvalue weighted by Crippen LogP contribution is -2.51. The number of likely N-dealkylation sites (tertiary alicyclic amines) is 1. The Balaban J connectivity index is 1.49. The van der Waals surface area contributed by atoms with Gasteiger partial charge in [0.1, 0.15) is 6.04 Å². The monoisotopic (exact) mass is 395 g/mol. The fourth-order valence-electron chi connectivity index (χ4n) is 3.93. The predicted molar refractivity (Wildman–Crippen MR) is 109 cm³/mol. The lowest BCUT2D eigenvalue weighted by molar-refractivity contribution is -0.134. The Labute approximate surface area is 171 Å². The Morgan fingerprint density at radius 3 is 2.59 bits per heavy atom. The van der Waals surface area contributed by atoms with E-state index in [0.717, 1.165) is 44.3 Å². The van der Waals surface area contributed by atoms with Gasteiger partial charge in [-0.1, -0.05) is 30.3 Å². The molecule has 2 amide bonds. The molecule has 1 aliphatic carbocycles. The fraction of sp³-hybridized carbons (Fsp3) is 0.522. The van der Waals surface area contributed by atoms with Gasteiger partial charge in [-0.05, 0) is 50.5 Å². The van der Waals surface area contributed by atoms with Crippen LogP contribution in [0, 0.1) is 12.8 Å². The molecule has 6 nitrogen and oxygen atoms in total. The number of carbonyl (C=O) groups excluding carboxylic acids is 2. The number of benzene rings is 1. The van der Waals surface area contributed by atoms with Crippen molar-refractivity contribution in [2.75, 3.05) is 13.1 Å². The highest BCUT2D eigenvalue weighted by Gasteiger charge is 2.30. The summed E-state index contributed by atoms with van der Waals surface area (Å²) in [5.41, 5.74) is 1.61. The summed E-state index contributed by atoms with van der Waals surface area (Å²) < 4.78 is 5.76. The second-order valence-corrected chi connectivity index (χ2v) is 8.27. The van der Waals surface area contributed by atoms with E-state index in [4.69, 9.17) is 4.42 Å². The van der Waals surface area contributed by atoms with Crippen molar-refractivity contribution in [2.45, 2.75) is 57.9 Å². The highest BCUT2D eigenvalue weighted by atomic mass is 16.4. The molecule has 2 aliphatic rings. The normalized spacial score (nSPS) is 17.8. The molecular formula is C23H29N3O3. The van der Waals surface area contributed by atoms with Crippen molar-refractivity contribution in [2.24, 2.45) is 5.92 Å². The molecule has 6 heteroatoms. The molecule has 1 atom stereocenters. The third-order valence-corrected chi connectivity index (χ3v) is 5.76. The van der Waals surface area contributed by atoms with Crippen LogP contribution in [0.4, 0.5) is 0 Å². The van der Waals surface area contributed by atoms with Crippen LogP contribution < -0.4 is 5.32 Å². The molecular weight excluding hydrogens is 366 g/mol. The van der Waals surface area contributed by atoms with Gasteiger partial charge in [-0.25, -0.2) is 4.98 Å². The summed E-state index contributed by atoms with van der Waals surface area (Å²) in [6.45, 7) is 3.30. The molecule has 154 valence electrons. The number of aromatic nitrogens is 1. The molecule has 1 aliphatic heterocycles. The lowest BCUT2D eigenvalue weighted by atomic mass is 10.0. The van der Waals surface area contributed by atoms with E-state index < -0.39 is 6.04 Å². The van der Waals surface area contributed by atoms with Crippen LogP contribution in [0.5, 0.6) is 0 Å². The predicted octanol–water partition coefficient (Wildman–Crippen LogP) is 3.29. The standard InChI is InChI=1S/C23H29N3O3/c1-16-21(29-20(24-16)15-18-10-11-18)22(27)25-19(14-17-8-4-2-5-9-17)23(28)26-12-6-3-7-13-26/h2,4-5,8-9,18-19H,3,6-7,10-15H2,1H3,(H,25,27). The maximum Gasteiger partial charge on any atom is 0.289 e. The van der Waals surface area contributed by atoms with Crippen molar-refractivity contribution in [1.82, 2.24) is 15.2 Å². The first-order chi connectivity index (χ1) is 14.1. The fourth-order valence-corrected chi connectivity index (χ4v) is 3.93. The molecule has 1 saturated carbocycles.